The number of carbonyl (C=O) groups excluding carboxylic acids is 1. The van der Waals surface area contributed by atoms with Gasteiger partial charge in [0.1, 0.15) is 5.75 Å². The summed E-state index contributed by atoms with van der Waals surface area (Å²) in [6, 6.07) is 16.4. The zero-order valence-electron chi connectivity index (χ0n) is 18.0. The topological polar surface area (TPSA) is 66.0 Å². The minimum absolute atomic E-state index is 0.207. The molecule has 0 aliphatic carbocycles. The van der Waals surface area contributed by atoms with Crippen molar-refractivity contribution in [2.24, 2.45) is 4.99 Å². The lowest BCUT2D eigenvalue weighted by Crippen LogP contribution is -2.38. The lowest BCUT2D eigenvalue weighted by Gasteiger charge is -2.15. The molecule has 2 N–H and O–H groups in total. The van der Waals surface area contributed by atoms with Gasteiger partial charge in [0.2, 0.25) is 5.91 Å². The van der Waals surface area contributed by atoms with Gasteiger partial charge in [0.15, 0.2) is 5.96 Å². The summed E-state index contributed by atoms with van der Waals surface area (Å²) in [6.45, 7) is 5.74. The summed E-state index contributed by atoms with van der Waals surface area (Å²) in [5.74, 6) is 1.87. The summed E-state index contributed by atoms with van der Waals surface area (Å²) >= 11 is 0. The summed E-state index contributed by atoms with van der Waals surface area (Å²) in [6.07, 6.45) is 2.19. The van der Waals surface area contributed by atoms with Crippen molar-refractivity contribution in [1.82, 2.24) is 15.5 Å². The summed E-state index contributed by atoms with van der Waals surface area (Å²) in [4.78, 5) is 19.0. The minimum Gasteiger partial charge on any atom is -0.497 e. The Hall–Kier alpha value is -3.02. The fourth-order valence-electron chi connectivity index (χ4n) is 3.55. The molecule has 0 fully saturated rings. The lowest BCUT2D eigenvalue weighted by molar-refractivity contribution is -0.131. The number of nitrogens with one attached hydrogen (secondary N) is 2. The van der Waals surface area contributed by atoms with E-state index in [4.69, 9.17) is 4.74 Å². The first-order valence-corrected chi connectivity index (χ1v) is 10.7. The molecule has 1 heterocycles. The zero-order valence-corrected chi connectivity index (χ0v) is 18.0. The normalized spacial score (nSPS) is 13.1. The molecule has 1 aliphatic rings. The second-order valence-corrected chi connectivity index (χ2v) is 7.41. The number of benzene rings is 2. The van der Waals surface area contributed by atoms with Crippen LogP contribution in [0, 0.1) is 0 Å². The van der Waals surface area contributed by atoms with Crippen LogP contribution >= 0.6 is 0 Å². The standard InChI is InChI=1S/C24H32N4O2/c1-3-25-24(27-16-14-19-10-12-22(30-2)13-11-19)26-15-6-9-23(29)28-17-20-7-4-5-8-21(20)18-28/h4-5,7-8,10-13H,3,6,9,14-18H2,1-2H3,(H2,25,26,27). The number of fused-ring (bicyclic) bond motifs is 1. The summed E-state index contributed by atoms with van der Waals surface area (Å²) in [7, 11) is 1.67. The lowest BCUT2D eigenvalue weighted by atomic mass is 10.1. The maximum absolute atomic E-state index is 12.5. The van der Waals surface area contributed by atoms with Gasteiger partial charge in [-0.25, -0.2) is 0 Å². The molecule has 0 spiro atoms. The van der Waals surface area contributed by atoms with Gasteiger partial charge >= 0.3 is 0 Å². The molecule has 3 rings (SSSR count). The van der Waals surface area contributed by atoms with Crippen molar-refractivity contribution in [2.45, 2.75) is 39.3 Å². The third-order valence-corrected chi connectivity index (χ3v) is 5.22. The summed E-state index contributed by atoms with van der Waals surface area (Å²) < 4.78 is 5.19. The molecule has 1 aliphatic heterocycles. The average molecular weight is 409 g/mol. The van der Waals surface area contributed by atoms with E-state index in [9.17, 15) is 4.79 Å². The van der Waals surface area contributed by atoms with Crippen molar-refractivity contribution in [3.8, 4) is 5.75 Å². The van der Waals surface area contributed by atoms with Crippen molar-refractivity contribution in [3.63, 3.8) is 0 Å². The van der Waals surface area contributed by atoms with Gasteiger partial charge in [0.05, 0.1) is 7.11 Å². The van der Waals surface area contributed by atoms with E-state index < -0.39 is 0 Å². The van der Waals surface area contributed by atoms with E-state index >= 15 is 0 Å². The average Bonchev–Trinajstić information content (AvgIpc) is 3.21. The van der Waals surface area contributed by atoms with E-state index in [1.807, 2.05) is 29.2 Å². The monoisotopic (exact) mass is 408 g/mol. The maximum atomic E-state index is 12.5. The highest BCUT2D eigenvalue weighted by atomic mass is 16.5. The van der Waals surface area contributed by atoms with Crippen molar-refractivity contribution >= 4 is 11.9 Å². The first-order valence-electron chi connectivity index (χ1n) is 10.7. The predicted molar refractivity (Wildman–Crippen MR) is 121 cm³/mol. The van der Waals surface area contributed by atoms with Gasteiger partial charge < -0.3 is 20.3 Å². The van der Waals surface area contributed by atoms with E-state index in [-0.39, 0.29) is 5.91 Å². The predicted octanol–water partition coefficient (Wildman–Crippen LogP) is 3.12. The molecule has 2 aromatic rings. The molecule has 0 radical (unpaired) electrons. The van der Waals surface area contributed by atoms with Crippen molar-refractivity contribution in [2.75, 3.05) is 26.7 Å². The molecule has 0 atom stereocenters. The Kier molecular flexibility index (Phi) is 8.12. The molecule has 2 aromatic carbocycles. The number of hydrogen-bond acceptors (Lipinski definition) is 3. The molecular weight excluding hydrogens is 376 g/mol. The minimum atomic E-state index is 0.207. The molecule has 0 aromatic heterocycles. The van der Waals surface area contributed by atoms with Crippen LogP contribution < -0.4 is 15.4 Å². The number of amides is 1. The number of rotatable bonds is 9. The van der Waals surface area contributed by atoms with Crippen LogP contribution in [0.25, 0.3) is 0 Å². The van der Waals surface area contributed by atoms with Gasteiger partial charge in [-0.1, -0.05) is 36.4 Å². The number of aliphatic imine (C=N–C) groups is 1. The Morgan fingerprint density at radius 3 is 2.40 bits per heavy atom. The number of nitrogens with zero attached hydrogens (tertiary/aromatic N) is 2. The van der Waals surface area contributed by atoms with Crippen LogP contribution in [-0.4, -0.2) is 43.5 Å². The largest absolute Gasteiger partial charge is 0.497 e. The summed E-state index contributed by atoms with van der Waals surface area (Å²) in [5.41, 5.74) is 3.77. The maximum Gasteiger partial charge on any atom is 0.223 e. The Morgan fingerprint density at radius 2 is 1.77 bits per heavy atom. The van der Waals surface area contributed by atoms with E-state index in [2.05, 4.69) is 46.8 Å². The highest BCUT2D eigenvalue weighted by molar-refractivity contribution is 5.80. The molecule has 160 valence electrons. The number of guanidine groups is 1. The van der Waals surface area contributed by atoms with Crippen LogP contribution in [0.1, 0.15) is 36.5 Å². The number of ether oxygens (including phenoxy) is 1. The fraction of sp³-hybridized carbons (Fsp3) is 0.417. The van der Waals surface area contributed by atoms with Crippen molar-refractivity contribution < 1.29 is 9.53 Å². The number of hydrogen-bond donors (Lipinski definition) is 2. The van der Waals surface area contributed by atoms with Crippen LogP contribution in [0.4, 0.5) is 0 Å². The van der Waals surface area contributed by atoms with E-state index in [1.165, 1.54) is 16.7 Å². The zero-order chi connectivity index (χ0) is 21.2. The number of carbonyl (C=O) groups is 1. The van der Waals surface area contributed by atoms with E-state index in [0.717, 1.165) is 50.7 Å². The molecule has 6 nitrogen and oxygen atoms in total. The van der Waals surface area contributed by atoms with Gasteiger partial charge in [-0.3, -0.25) is 9.79 Å². The van der Waals surface area contributed by atoms with Gasteiger partial charge in [-0.15, -0.1) is 0 Å². The Balaban J connectivity index is 1.38. The molecule has 1 amide bonds. The second-order valence-electron chi connectivity index (χ2n) is 7.41. The number of methoxy groups -OCH3 is 1. The molecule has 0 bridgehead atoms. The van der Waals surface area contributed by atoms with Crippen LogP contribution in [0.3, 0.4) is 0 Å². The Morgan fingerprint density at radius 1 is 1.07 bits per heavy atom. The smallest absolute Gasteiger partial charge is 0.223 e. The van der Waals surface area contributed by atoms with Crippen LogP contribution in [-0.2, 0) is 24.3 Å². The van der Waals surface area contributed by atoms with Crippen LogP contribution in [0.2, 0.25) is 0 Å². The molecule has 6 heteroatoms. The van der Waals surface area contributed by atoms with Gasteiger partial charge in [0, 0.05) is 39.1 Å². The first kappa shape index (κ1) is 21.7. The first-order chi connectivity index (χ1) is 14.7. The van der Waals surface area contributed by atoms with Crippen molar-refractivity contribution in [1.29, 1.82) is 0 Å². The van der Waals surface area contributed by atoms with Gasteiger partial charge in [0.25, 0.3) is 0 Å². The SMILES string of the molecule is CCNC(=NCCCC(=O)N1Cc2ccccc2C1)NCCc1ccc(OC)cc1. The van der Waals surface area contributed by atoms with Gasteiger partial charge in [-0.2, -0.15) is 0 Å². The third-order valence-electron chi connectivity index (χ3n) is 5.22. The highest BCUT2D eigenvalue weighted by Gasteiger charge is 2.22. The molecule has 0 saturated heterocycles. The molecular formula is C24H32N4O2. The van der Waals surface area contributed by atoms with Crippen molar-refractivity contribution in [3.05, 3.63) is 65.2 Å². The third kappa shape index (κ3) is 6.24. The van der Waals surface area contributed by atoms with Gasteiger partial charge in [-0.05, 0) is 48.6 Å². The second kappa shape index (κ2) is 11.2. The Labute approximate surface area is 179 Å². The van der Waals surface area contributed by atoms with Crippen LogP contribution in [0.15, 0.2) is 53.5 Å². The summed E-state index contributed by atoms with van der Waals surface area (Å²) in [5, 5.41) is 6.63. The fourth-order valence-corrected chi connectivity index (χ4v) is 3.55. The Bertz CT molecular complexity index is 824. The van der Waals surface area contributed by atoms with E-state index in [0.29, 0.717) is 13.0 Å². The van der Waals surface area contributed by atoms with Crippen LogP contribution in [0.5, 0.6) is 5.75 Å². The quantitative estimate of drug-likeness (QED) is 0.380. The highest BCUT2D eigenvalue weighted by Crippen LogP contribution is 2.22. The van der Waals surface area contributed by atoms with E-state index in [1.54, 1.807) is 7.11 Å². The molecule has 30 heavy (non-hydrogen) atoms. The molecule has 0 unspecified atom stereocenters. The molecule has 0 saturated carbocycles.